The van der Waals surface area contributed by atoms with Crippen LogP contribution in [0.4, 0.5) is 5.69 Å². The van der Waals surface area contributed by atoms with E-state index < -0.39 is 0 Å². The average molecular weight is 298 g/mol. The molecule has 0 bridgehead atoms. The molecule has 0 aliphatic rings. The standard InChI is InChI=1S/C15H26N2O4/c1-12(2)11-21-15-13(16)5-6-14(17-15)20-8-4-7-19-10-9-18-3/h5-6,12H,4,7-11,16H2,1-3H3. The largest absolute Gasteiger partial charge is 0.477 e. The molecule has 6 nitrogen and oxygen atoms in total. The maximum Gasteiger partial charge on any atom is 0.240 e. The van der Waals surface area contributed by atoms with Gasteiger partial charge in [-0.25, -0.2) is 0 Å². The van der Waals surface area contributed by atoms with Crippen LogP contribution >= 0.6 is 0 Å². The Bertz CT molecular complexity index is 399. The lowest BCUT2D eigenvalue weighted by atomic mass is 10.2. The van der Waals surface area contributed by atoms with E-state index in [9.17, 15) is 0 Å². The topological polar surface area (TPSA) is 75.8 Å². The lowest BCUT2D eigenvalue weighted by Crippen LogP contribution is -2.09. The van der Waals surface area contributed by atoms with Gasteiger partial charge in [0.1, 0.15) is 0 Å². The molecule has 0 unspecified atom stereocenters. The van der Waals surface area contributed by atoms with Gasteiger partial charge < -0.3 is 24.7 Å². The molecule has 21 heavy (non-hydrogen) atoms. The van der Waals surface area contributed by atoms with Gasteiger partial charge in [-0.05, 0) is 12.0 Å². The van der Waals surface area contributed by atoms with E-state index in [-0.39, 0.29) is 0 Å². The number of anilines is 1. The molecular weight excluding hydrogens is 272 g/mol. The summed E-state index contributed by atoms with van der Waals surface area (Å²) in [5.74, 6) is 1.36. The van der Waals surface area contributed by atoms with Crippen molar-refractivity contribution >= 4 is 5.69 Å². The van der Waals surface area contributed by atoms with Gasteiger partial charge in [-0.1, -0.05) is 13.8 Å². The number of hydrogen-bond acceptors (Lipinski definition) is 6. The van der Waals surface area contributed by atoms with Crippen LogP contribution in [-0.4, -0.2) is 45.1 Å². The number of aromatic nitrogens is 1. The molecule has 0 atom stereocenters. The molecule has 0 aliphatic carbocycles. The minimum atomic E-state index is 0.417. The highest BCUT2D eigenvalue weighted by Gasteiger charge is 2.06. The third-order valence-corrected chi connectivity index (χ3v) is 2.53. The zero-order valence-electron chi connectivity index (χ0n) is 13.1. The zero-order chi connectivity index (χ0) is 15.5. The lowest BCUT2D eigenvalue weighted by molar-refractivity contribution is 0.0641. The molecule has 0 amide bonds. The van der Waals surface area contributed by atoms with Crippen LogP contribution in [0.1, 0.15) is 20.3 Å². The predicted octanol–water partition coefficient (Wildman–Crippen LogP) is 2.13. The van der Waals surface area contributed by atoms with Gasteiger partial charge in [0.05, 0.1) is 32.1 Å². The number of rotatable bonds is 11. The van der Waals surface area contributed by atoms with Crippen molar-refractivity contribution < 1.29 is 18.9 Å². The number of nitrogens with two attached hydrogens (primary N) is 1. The molecule has 1 rings (SSSR count). The second-order valence-electron chi connectivity index (χ2n) is 5.06. The minimum Gasteiger partial charge on any atom is -0.477 e. The summed E-state index contributed by atoms with van der Waals surface area (Å²) >= 11 is 0. The predicted molar refractivity (Wildman–Crippen MR) is 81.8 cm³/mol. The maximum atomic E-state index is 5.82. The highest BCUT2D eigenvalue weighted by Crippen LogP contribution is 2.22. The van der Waals surface area contributed by atoms with Crippen molar-refractivity contribution in [2.75, 3.05) is 45.9 Å². The number of methoxy groups -OCH3 is 1. The van der Waals surface area contributed by atoms with E-state index in [4.69, 9.17) is 24.7 Å². The fourth-order valence-corrected chi connectivity index (χ4v) is 1.46. The smallest absolute Gasteiger partial charge is 0.240 e. The maximum absolute atomic E-state index is 5.82. The summed E-state index contributed by atoms with van der Waals surface area (Å²) in [6.45, 7) is 7.09. The molecule has 2 N–H and O–H groups in total. The average Bonchev–Trinajstić information content (AvgIpc) is 2.46. The van der Waals surface area contributed by atoms with E-state index in [2.05, 4.69) is 18.8 Å². The SMILES string of the molecule is COCCOCCCOc1ccc(N)c(OCC(C)C)n1. The molecule has 0 aromatic carbocycles. The molecule has 120 valence electrons. The van der Waals surface area contributed by atoms with Crippen molar-refractivity contribution in [3.8, 4) is 11.8 Å². The Morgan fingerprint density at radius 2 is 1.90 bits per heavy atom. The zero-order valence-corrected chi connectivity index (χ0v) is 13.1. The van der Waals surface area contributed by atoms with E-state index in [0.717, 1.165) is 6.42 Å². The van der Waals surface area contributed by atoms with Gasteiger partial charge in [-0.2, -0.15) is 4.98 Å². The molecule has 0 saturated heterocycles. The van der Waals surface area contributed by atoms with Crippen LogP contribution in [0, 0.1) is 5.92 Å². The van der Waals surface area contributed by atoms with Gasteiger partial charge in [0.2, 0.25) is 11.8 Å². The summed E-state index contributed by atoms with van der Waals surface area (Å²) in [6, 6.07) is 3.48. The van der Waals surface area contributed by atoms with Crippen LogP contribution in [-0.2, 0) is 9.47 Å². The van der Waals surface area contributed by atoms with Gasteiger partial charge in [0.25, 0.3) is 0 Å². The van der Waals surface area contributed by atoms with E-state index in [1.165, 1.54) is 0 Å². The van der Waals surface area contributed by atoms with Crippen LogP contribution in [0.2, 0.25) is 0 Å². The number of ether oxygens (including phenoxy) is 4. The normalized spacial score (nSPS) is 10.9. The van der Waals surface area contributed by atoms with Gasteiger partial charge in [0.15, 0.2) is 0 Å². The highest BCUT2D eigenvalue weighted by atomic mass is 16.5. The summed E-state index contributed by atoms with van der Waals surface area (Å²) in [5.41, 5.74) is 6.34. The first-order chi connectivity index (χ1) is 10.1. The van der Waals surface area contributed by atoms with Crippen LogP contribution < -0.4 is 15.2 Å². The summed E-state index contributed by atoms with van der Waals surface area (Å²) in [5, 5.41) is 0. The Balaban J connectivity index is 2.30. The minimum absolute atomic E-state index is 0.417. The van der Waals surface area contributed by atoms with Crippen molar-refractivity contribution in [1.29, 1.82) is 0 Å². The monoisotopic (exact) mass is 298 g/mol. The van der Waals surface area contributed by atoms with Crippen molar-refractivity contribution in [2.45, 2.75) is 20.3 Å². The third-order valence-electron chi connectivity index (χ3n) is 2.53. The van der Waals surface area contributed by atoms with Gasteiger partial charge in [-0.15, -0.1) is 0 Å². The third kappa shape index (κ3) is 7.72. The molecule has 6 heteroatoms. The van der Waals surface area contributed by atoms with E-state index in [1.54, 1.807) is 19.2 Å². The Labute approximate surface area is 126 Å². The second-order valence-corrected chi connectivity index (χ2v) is 5.06. The Morgan fingerprint density at radius 1 is 1.10 bits per heavy atom. The Hall–Kier alpha value is -1.53. The molecule has 1 aromatic heterocycles. The van der Waals surface area contributed by atoms with E-state index >= 15 is 0 Å². The fraction of sp³-hybridized carbons (Fsp3) is 0.667. The highest BCUT2D eigenvalue weighted by molar-refractivity contribution is 5.49. The Morgan fingerprint density at radius 3 is 2.62 bits per heavy atom. The second kappa shape index (κ2) is 10.2. The van der Waals surface area contributed by atoms with Crippen molar-refractivity contribution in [1.82, 2.24) is 4.98 Å². The number of nitrogens with zero attached hydrogens (tertiary/aromatic N) is 1. The summed E-state index contributed by atoms with van der Waals surface area (Å²) in [6.07, 6.45) is 0.790. The van der Waals surface area contributed by atoms with Gasteiger partial charge in [-0.3, -0.25) is 0 Å². The molecule has 0 spiro atoms. The number of hydrogen-bond donors (Lipinski definition) is 1. The first-order valence-electron chi connectivity index (χ1n) is 7.22. The summed E-state index contributed by atoms with van der Waals surface area (Å²) in [4.78, 5) is 4.26. The van der Waals surface area contributed by atoms with E-state index in [0.29, 0.717) is 56.4 Å². The first kappa shape index (κ1) is 17.5. The fourth-order valence-electron chi connectivity index (χ4n) is 1.46. The molecule has 0 aliphatic heterocycles. The van der Waals surface area contributed by atoms with Crippen molar-refractivity contribution in [3.63, 3.8) is 0 Å². The van der Waals surface area contributed by atoms with Crippen LogP contribution in [0.15, 0.2) is 12.1 Å². The molecule has 0 radical (unpaired) electrons. The number of pyridine rings is 1. The quantitative estimate of drug-likeness (QED) is 0.631. The summed E-state index contributed by atoms with van der Waals surface area (Å²) in [7, 11) is 1.65. The van der Waals surface area contributed by atoms with Crippen molar-refractivity contribution in [2.24, 2.45) is 5.92 Å². The van der Waals surface area contributed by atoms with E-state index in [1.807, 2.05) is 0 Å². The molecule has 0 saturated carbocycles. The Kier molecular flexibility index (Phi) is 8.54. The van der Waals surface area contributed by atoms with Crippen LogP contribution in [0.25, 0.3) is 0 Å². The van der Waals surface area contributed by atoms with Gasteiger partial charge in [0, 0.05) is 26.2 Å². The first-order valence-corrected chi connectivity index (χ1v) is 7.22. The van der Waals surface area contributed by atoms with Crippen molar-refractivity contribution in [3.05, 3.63) is 12.1 Å². The molecular formula is C15H26N2O4. The van der Waals surface area contributed by atoms with Crippen LogP contribution in [0.5, 0.6) is 11.8 Å². The molecule has 0 fully saturated rings. The summed E-state index contributed by atoms with van der Waals surface area (Å²) < 4.78 is 21.4. The molecule has 1 aromatic rings. The molecule has 1 heterocycles. The van der Waals surface area contributed by atoms with Crippen LogP contribution in [0.3, 0.4) is 0 Å². The lowest BCUT2D eigenvalue weighted by Gasteiger charge is -2.12. The number of nitrogen functional groups attached to an aromatic ring is 1. The van der Waals surface area contributed by atoms with Gasteiger partial charge >= 0.3 is 0 Å².